The van der Waals surface area contributed by atoms with E-state index in [-0.39, 0.29) is 30.7 Å². The fourth-order valence-corrected chi connectivity index (χ4v) is 3.62. The smallest absolute Gasteiger partial charge is 0.242 e. The molecule has 2 fully saturated rings. The molecule has 0 aromatic carbocycles. The molecule has 2 aliphatic rings. The lowest BCUT2D eigenvalue weighted by Crippen LogP contribution is -2.61. The van der Waals surface area contributed by atoms with E-state index in [0.717, 1.165) is 71.5 Å². The van der Waals surface area contributed by atoms with Crippen LogP contribution >= 0.6 is 24.8 Å². The fourth-order valence-electron chi connectivity index (χ4n) is 3.62. The first kappa shape index (κ1) is 22.9. The summed E-state index contributed by atoms with van der Waals surface area (Å²) in [7, 11) is 0. The highest BCUT2D eigenvalue weighted by molar-refractivity contribution is 5.86. The Kier molecular flexibility index (Phi) is 10.7. The van der Waals surface area contributed by atoms with Crippen LogP contribution in [0.4, 0.5) is 0 Å². The molecule has 1 unspecified atom stereocenters. The Morgan fingerprint density at radius 3 is 2.43 bits per heavy atom. The van der Waals surface area contributed by atoms with Crippen molar-refractivity contribution in [1.29, 1.82) is 0 Å². The van der Waals surface area contributed by atoms with Gasteiger partial charge < -0.3 is 15.4 Å². The van der Waals surface area contributed by atoms with Gasteiger partial charge in [0.1, 0.15) is 0 Å². The van der Waals surface area contributed by atoms with Crippen molar-refractivity contribution in [3.05, 3.63) is 0 Å². The average Bonchev–Trinajstić information content (AvgIpc) is 2.95. The van der Waals surface area contributed by atoms with Gasteiger partial charge in [0.15, 0.2) is 0 Å². The van der Waals surface area contributed by atoms with E-state index in [1.54, 1.807) is 0 Å². The minimum atomic E-state index is -0.578. The first-order chi connectivity index (χ1) is 10.1. The van der Waals surface area contributed by atoms with Gasteiger partial charge in [-0.3, -0.25) is 9.69 Å². The Hall–Kier alpha value is -0.0700. The summed E-state index contributed by atoms with van der Waals surface area (Å²) in [4.78, 5) is 17.2. The molecule has 0 spiro atoms. The van der Waals surface area contributed by atoms with Crippen molar-refractivity contribution in [3.8, 4) is 0 Å². The maximum absolute atomic E-state index is 12.7. The lowest BCUT2D eigenvalue weighted by Gasteiger charge is -2.43. The molecule has 2 rings (SSSR count). The minimum absolute atomic E-state index is 0. The lowest BCUT2D eigenvalue weighted by atomic mass is 9.96. The fraction of sp³-hybridized carbons (Fsp3) is 0.938. The Morgan fingerprint density at radius 2 is 1.87 bits per heavy atom. The van der Waals surface area contributed by atoms with Crippen molar-refractivity contribution < 1.29 is 9.53 Å². The number of carbonyl (C=O) groups is 1. The molecule has 1 saturated heterocycles. The Morgan fingerprint density at radius 1 is 1.22 bits per heavy atom. The average molecular weight is 370 g/mol. The zero-order valence-corrected chi connectivity index (χ0v) is 16.1. The first-order valence-corrected chi connectivity index (χ1v) is 8.50. The number of amides is 1. The van der Waals surface area contributed by atoms with Gasteiger partial charge in [-0.15, -0.1) is 24.8 Å². The summed E-state index contributed by atoms with van der Waals surface area (Å²) in [6, 6.07) is 0.438. The van der Waals surface area contributed by atoms with Gasteiger partial charge >= 0.3 is 0 Å². The van der Waals surface area contributed by atoms with Crippen LogP contribution in [0.2, 0.25) is 0 Å². The number of hydrogen-bond donors (Lipinski definition) is 1. The van der Waals surface area contributed by atoms with Gasteiger partial charge in [-0.05, 0) is 26.2 Å². The van der Waals surface area contributed by atoms with Gasteiger partial charge in [-0.1, -0.05) is 19.8 Å². The molecule has 1 amide bonds. The normalized spacial score (nSPS) is 24.0. The molecule has 1 heterocycles. The zero-order chi connectivity index (χ0) is 15.3. The Labute approximate surface area is 153 Å². The summed E-state index contributed by atoms with van der Waals surface area (Å²) in [6.07, 6.45) is 4.95. The minimum Gasteiger partial charge on any atom is -0.380 e. The highest BCUT2D eigenvalue weighted by Crippen LogP contribution is 2.30. The maximum atomic E-state index is 12.7. The number of halogens is 2. The number of nitrogens with two attached hydrogens (primary N) is 1. The molecule has 7 heteroatoms. The van der Waals surface area contributed by atoms with E-state index in [4.69, 9.17) is 10.5 Å². The molecular weight excluding hydrogens is 337 g/mol. The van der Waals surface area contributed by atoms with Crippen LogP contribution < -0.4 is 5.73 Å². The third-order valence-corrected chi connectivity index (χ3v) is 5.01. The van der Waals surface area contributed by atoms with Gasteiger partial charge in [0.2, 0.25) is 5.91 Å². The van der Waals surface area contributed by atoms with Crippen LogP contribution in [-0.4, -0.2) is 66.7 Å². The van der Waals surface area contributed by atoms with Gasteiger partial charge in [0.05, 0.1) is 12.1 Å². The van der Waals surface area contributed by atoms with Crippen LogP contribution in [-0.2, 0) is 9.53 Å². The molecule has 0 aromatic rings. The van der Waals surface area contributed by atoms with Crippen molar-refractivity contribution in [2.24, 2.45) is 5.73 Å². The van der Waals surface area contributed by atoms with E-state index in [9.17, 15) is 4.79 Å². The predicted octanol–water partition coefficient (Wildman–Crippen LogP) is 2.06. The third kappa shape index (κ3) is 5.75. The maximum Gasteiger partial charge on any atom is 0.242 e. The van der Waals surface area contributed by atoms with Crippen LogP contribution in [0.1, 0.15) is 46.0 Å². The Bertz CT molecular complexity index is 352. The molecule has 5 nitrogen and oxygen atoms in total. The van der Waals surface area contributed by atoms with Crippen LogP contribution in [0, 0.1) is 0 Å². The summed E-state index contributed by atoms with van der Waals surface area (Å²) >= 11 is 0. The van der Waals surface area contributed by atoms with Crippen molar-refractivity contribution in [2.75, 3.05) is 39.4 Å². The predicted molar refractivity (Wildman–Crippen MR) is 98.6 cm³/mol. The van der Waals surface area contributed by atoms with Gasteiger partial charge in [0.25, 0.3) is 0 Å². The first-order valence-electron chi connectivity index (χ1n) is 8.50. The lowest BCUT2D eigenvalue weighted by molar-refractivity contribution is -0.140. The zero-order valence-electron chi connectivity index (χ0n) is 14.5. The number of piperazine rings is 1. The number of carbonyl (C=O) groups excluding carboxylic acids is 1. The summed E-state index contributed by atoms with van der Waals surface area (Å²) in [5.74, 6) is 0.183. The summed E-state index contributed by atoms with van der Waals surface area (Å²) in [6.45, 7) is 9.29. The molecule has 23 heavy (non-hydrogen) atoms. The standard InChI is InChI=1S/C16H31N3O2.2ClH/c1-3-14-13-19(10-9-18(14)11-12-21-4-2)15(20)16(17)7-5-6-8-16;;/h14H,3-13,17H2,1-2H3;2*1H. The molecule has 1 atom stereocenters. The van der Waals surface area contributed by atoms with Gasteiger partial charge in [-0.25, -0.2) is 0 Å². The third-order valence-electron chi connectivity index (χ3n) is 5.01. The van der Waals surface area contributed by atoms with E-state index in [1.807, 2.05) is 11.8 Å². The molecule has 1 aliphatic heterocycles. The number of nitrogens with zero attached hydrogens (tertiary/aromatic N) is 2. The largest absolute Gasteiger partial charge is 0.380 e. The molecule has 2 N–H and O–H groups in total. The van der Waals surface area contributed by atoms with Gasteiger partial charge in [-0.2, -0.15) is 0 Å². The molecule has 0 radical (unpaired) electrons. The number of ether oxygens (including phenoxy) is 1. The molecule has 0 aromatic heterocycles. The van der Waals surface area contributed by atoms with Crippen molar-refractivity contribution in [1.82, 2.24) is 9.80 Å². The van der Waals surface area contributed by atoms with Gasteiger partial charge in [0, 0.05) is 38.8 Å². The second kappa shape index (κ2) is 10.7. The highest BCUT2D eigenvalue weighted by atomic mass is 35.5. The second-order valence-electron chi connectivity index (χ2n) is 6.41. The van der Waals surface area contributed by atoms with E-state index >= 15 is 0 Å². The summed E-state index contributed by atoms with van der Waals surface area (Å²) in [5, 5.41) is 0. The number of rotatable bonds is 6. The van der Waals surface area contributed by atoms with E-state index in [0.29, 0.717) is 6.04 Å². The molecule has 1 aliphatic carbocycles. The van der Waals surface area contributed by atoms with Crippen LogP contribution in [0.3, 0.4) is 0 Å². The SMILES string of the molecule is CCOCCN1CCN(C(=O)C2(N)CCCC2)CC1CC.Cl.Cl. The van der Waals surface area contributed by atoms with E-state index in [1.165, 1.54) is 0 Å². The van der Waals surface area contributed by atoms with E-state index in [2.05, 4.69) is 11.8 Å². The molecular formula is C16H33Cl2N3O2. The monoisotopic (exact) mass is 369 g/mol. The highest BCUT2D eigenvalue weighted by Gasteiger charge is 2.41. The second-order valence-corrected chi connectivity index (χ2v) is 6.41. The topological polar surface area (TPSA) is 58.8 Å². The van der Waals surface area contributed by atoms with Crippen molar-refractivity contribution >= 4 is 30.7 Å². The Balaban J connectivity index is 0.00000242. The summed E-state index contributed by atoms with van der Waals surface area (Å²) in [5.41, 5.74) is 5.75. The molecule has 1 saturated carbocycles. The van der Waals surface area contributed by atoms with Crippen LogP contribution in [0.5, 0.6) is 0 Å². The van der Waals surface area contributed by atoms with Crippen LogP contribution in [0.25, 0.3) is 0 Å². The van der Waals surface area contributed by atoms with Crippen molar-refractivity contribution in [3.63, 3.8) is 0 Å². The molecule has 138 valence electrons. The van der Waals surface area contributed by atoms with Crippen molar-refractivity contribution in [2.45, 2.75) is 57.5 Å². The van der Waals surface area contributed by atoms with E-state index < -0.39 is 5.54 Å². The molecule has 0 bridgehead atoms. The number of hydrogen-bond acceptors (Lipinski definition) is 4. The van der Waals surface area contributed by atoms with Crippen LogP contribution in [0.15, 0.2) is 0 Å². The summed E-state index contributed by atoms with van der Waals surface area (Å²) < 4.78 is 5.46. The quantitative estimate of drug-likeness (QED) is 0.728.